The minimum Gasteiger partial charge on any atom is -0.496 e. The summed E-state index contributed by atoms with van der Waals surface area (Å²) in [5.41, 5.74) is 2.03. The van der Waals surface area contributed by atoms with Gasteiger partial charge in [0.25, 0.3) is 11.8 Å². The van der Waals surface area contributed by atoms with Crippen LogP contribution in [0.15, 0.2) is 54.0 Å². The maximum Gasteiger partial charge on any atom is 0.275 e. The number of carbonyl (C=O) groups excluding carboxylic acids is 2. The number of fused-ring (bicyclic) bond motifs is 1. The lowest BCUT2D eigenvalue weighted by Crippen LogP contribution is -2.38. The van der Waals surface area contributed by atoms with Gasteiger partial charge in [0.05, 0.1) is 29.5 Å². The van der Waals surface area contributed by atoms with Gasteiger partial charge in [0.15, 0.2) is 0 Å². The molecule has 1 aliphatic rings. The van der Waals surface area contributed by atoms with Crippen LogP contribution in [0.25, 0.3) is 10.9 Å². The number of anilines is 1. The van der Waals surface area contributed by atoms with Crippen LogP contribution < -0.4 is 10.1 Å². The van der Waals surface area contributed by atoms with Gasteiger partial charge < -0.3 is 15.0 Å². The number of benzene rings is 1. The Labute approximate surface area is 210 Å². The Balaban J connectivity index is 1.23. The quantitative estimate of drug-likeness (QED) is 0.381. The third-order valence-electron chi connectivity index (χ3n) is 5.99. The van der Waals surface area contributed by atoms with Crippen molar-refractivity contribution in [3.63, 3.8) is 0 Å². The van der Waals surface area contributed by atoms with Crippen molar-refractivity contribution in [2.24, 2.45) is 0 Å². The fraction of sp³-hybridized carbons (Fsp3) is 0.240. The van der Waals surface area contributed by atoms with Crippen molar-refractivity contribution in [2.75, 3.05) is 25.5 Å². The second kappa shape index (κ2) is 9.97. The first-order chi connectivity index (χ1) is 17.0. The number of rotatable bonds is 5. The number of hydrogen-bond acceptors (Lipinski definition) is 7. The molecule has 8 nitrogen and oxygen atoms in total. The van der Waals surface area contributed by atoms with Crippen LogP contribution >= 0.6 is 22.9 Å². The van der Waals surface area contributed by atoms with Gasteiger partial charge in [0.2, 0.25) is 0 Å². The van der Waals surface area contributed by atoms with Crippen LogP contribution in [0.5, 0.6) is 5.75 Å². The molecule has 4 aromatic rings. The van der Waals surface area contributed by atoms with Crippen molar-refractivity contribution >= 4 is 51.3 Å². The summed E-state index contributed by atoms with van der Waals surface area (Å²) in [4.78, 5) is 40.6. The number of halogens is 1. The van der Waals surface area contributed by atoms with Gasteiger partial charge in [0.1, 0.15) is 22.3 Å². The van der Waals surface area contributed by atoms with Crippen LogP contribution in [-0.4, -0.2) is 51.9 Å². The number of piperidine rings is 1. The highest BCUT2D eigenvalue weighted by Crippen LogP contribution is 2.32. The van der Waals surface area contributed by atoms with Crippen LogP contribution in [0.2, 0.25) is 5.15 Å². The molecule has 1 N–H and O–H groups in total. The number of pyridine rings is 2. The molecule has 0 aliphatic carbocycles. The maximum atomic E-state index is 13.2. The molecule has 2 amide bonds. The fourth-order valence-corrected chi connectivity index (χ4v) is 5.22. The Morgan fingerprint density at radius 2 is 1.91 bits per heavy atom. The SMILES string of the molecule is COc1cc(C(=O)N2CCC(c3nc(C(=O)Nc4ccc(Cl)nc4)cs3)CC2)nc2ccccc12. The summed E-state index contributed by atoms with van der Waals surface area (Å²) in [6.07, 6.45) is 3.04. The molecule has 5 rings (SSSR count). The second-order valence-electron chi connectivity index (χ2n) is 8.19. The topological polar surface area (TPSA) is 97.3 Å². The van der Waals surface area contributed by atoms with Gasteiger partial charge in [-0.25, -0.2) is 15.0 Å². The summed E-state index contributed by atoms with van der Waals surface area (Å²) < 4.78 is 5.49. The van der Waals surface area contributed by atoms with E-state index >= 15 is 0 Å². The molecule has 35 heavy (non-hydrogen) atoms. The monoisotopic (exact) mass is 507 g/mol. The Bertz CT molecular complexity index is 1380. The zero-order valence-electron chi connectivity index (χ0n) is 18.9. The normalized spacial score (nSPS) is 14.2. The first-order valence-electron chi connectivity index (χ1n) is 11.1. The number of amides is 2. The number of nitrogens with zero attached hydrogens (tertiary/aromatic N) is 4. The zero-order valence-corrected chi connectivity index (χ0v) is 20.5. The van der Waals surface area contributed by atoms with E-state index in [1.54, 1.807) is 30.7 Å². The lowest BCUT2D eigenvalue weighted by molar-refractivity contribution is 0.0707. The zero-order chi connectivity index (χ0) is 24.4. The van der Waals surface area contributed by atoms with Gasteiger partial charge in [0, 0.05) is 35.8 Å². The summed E-state index contributed by atoms with van der Waals surface area (Å²) >= 11 is 7.26. The van der Waals surface area contributed by atoms with Crippen molar-refractivity contribution in [3.05, 3.63) is 75.6 Å². The van der Waals surface area contributed by atoms with E-state index in [2.05, 4.69) is 20.3 Å². The number of aromatic nitrogens is 3. The van der Waals surface area contributed by atoms with E-state index in [-0.39, 0.29) is 17.7 Å². The molecule has 0 unspecified atom stereocenters. The Morgan fingerprint density at radius 1 is 1.11 bits per heavy atom. The minimum atomic E-state index is -0.291. The molecule has 4 heterocycles. The van der Waals surface area contributed by atoms with Crippen LogP contribution in [0, 0.1) is 0 Å². The molecule has 10 heteroatoms. The van der Waals surface area contributed by atoms with E-state index in [1.165, 1.54) is 17.5 Å². The lowest BCUT2D eigenvalue weighted by Gasteiger charge is -2.31. The Kier molecular flexibility index (Phi) is 6.61. The predicted octanol–water partition coefficient (Wildman–Crippen LogP) is 5.02. The van der Waals surface area contributed by atoms with Gasteiger partial charge in [-0.1, -0.05) is 23.7 Å². The van der Waals surface area contributed by atoms with Gasteiger partial charge in [-0.15, -0.1) is 11.3 Å². The van der Waals surface area contributed by atoms with E-state index in [9.17, 15) is 9.59 Å². The van der Waals surface area contributed by atoms with Gasteiger partial charge in [-0.3, -0.25) is 9.59 Å². The first-order valence-corrected chi connectivity index (χ1v) is 12.4. The smallest absolute Gasteiger partial charge is 0.275 e. The first kappa shape index (κ1) is 23.2. The van der Waals surface area contributed by atoms with Crippen molar-refractivity contribution in [2.45, 2.75) is 18.8 Å². The Morgan fingerprint density at radius 3 is 2.66 bits per heavy atom. The predicted molar refractivity (Wildman–Crippen MR) is 135 cm³/mol. The minimum absolute atomic E-state index is 0.108. The standard InChI is InChI=1S/C25H22ClN5O3S/c1-34-21-12-19(29-18-5-3-2-4-17(18)21)25(33)31-10-8-15(9-11-31)24-30-20(14-35-24)23(32)28-16-6-7-22(26)27-13-16/h2-7,12-15H,8-11H2,1H3,(H,28,32). The average Bonchev–Trinajstić information content (AvgIpc) is 3.39. The molecule has 1 aliphatic heterocycles. The van der Waals surface area contributed by atoms with Gasteiger partial charge in [-0.2, -0.15) is 0 Å². The van der Waals surface area contributed by atoms with Crippen molar-refractivity contribution in [1.82, 2.24) is 19.9 Å². The lowest BCUT2D eigenvalue weighted by atomic mass is 9.97. The number of thiazole rings is 1. The molecule has 1 aromatic carbocycles. The number of hydrogen-bond donors (Lipinski definition) is 1. The molecular formula is C25H22ClN5O3S. The number of methoxy groups -OCH3 is 1. The highest BCUT2D eigenvalue weighted by molar-refractivity contribution is 7.10. The van der Waals surface area contributed by atoms with E-state index in [0.29, 0.717) is 41.1 Å². The largest absolute Gasteiger partial charge is 0.496 e. The third-order valence-corrected chi connectivity index (χ3v) is 7.22. The molecule has 1 saturated heterocycles. The molecule has 1 fully saturated rings. The molecule has 0 spiro atoms. The second-order valence-corrected chi connectivity index (χ2v) is 9.47. The van der Waals surface area contributed by atoms with E-state index in [4.69, 9.17) is 16.3 Å². The van der Waals surface area contributed by atoms with Crippen LogP contribution in [-0.2, 0) is 0 Å². The fourth-order valence-electron chi connectivity index (χ4n) is 4.14. The summed E-state index contributed by atoms with van der Waals surface area (Å²) in [5, 5.41) is 6.68. The van der Waals surface area contributed by atoms with Gasteiger partial charge >= 0.3 is 0 Å². The summed E-state index contributed by atoms with van der Waals surface area (Å²) in [5.74, 6) is 0.433. The number of likely N-dealkylation sites (tertiary alicyclic amines) is 1. The molecule has 0 radical (unpaired) electrons. The summed E-state index contributed by atoms with van der Waals surface area (Å²) in [6, 6.07) is 12.6. The van der Waals surface area contributed by atoms with Crippen molar-refractivity contribution in [1.29, 1.82) is 0 Å². The number of para-hydroxylation sites is 1. The highest BCUT2D eigenvalue weighted by atomic mass is 35.5. The summed E-state index contributed by atoms with van der Waals surface area (Å²) in [7, 11) is 1.59. The van der Waals surface area contributed by atoms with Crippen LogP contribution in [0.1, 0.15) is 44.7 Å². The third kappa shape index (κ3) is 4.96. The van der Waals surface area contributed by atoms with Crippen molar-refractivity contribution in [3.8, 4) is 5.75 Å². The molecule has 0 saturated carbocycles. The van der Waals surface area contributed by atoms with E-state index < -0.39 is 0 Å². The molecule has 178 valence electrons. The number of carbonyl (C=O) groups is 2. The molecular weight excluding hydrogens is 486 g/mol. The van der Waals surface area contributed by atoms with Crippen LogP contribution in [0.4, 0.5) is 5.69 Å². The van der Waals surface area contributed by atoms with Crippen LogP contribution in [0.3, 0.4) is 0 Å². The number of nitrogens with one attached hydrogen (secondary N) is 1. The van der Waals surface area contributed by atoms with E-state index in [1.807, 2.05) is 29.2 Å². The summed E-state index contributed by atoms with van der Waals surface area (Å²) in [6.45, 7) is 1.19. The molecule has 3 aromatic heterocycles. The highest BCUT2D eigenvalue weighted by Gasteiger charge is 2.28. The molecule has 0 bridgehead atoms. The Hall–Kier alpha value is -3.56. The number of ether oxygens (including phenoxy) is 1. The van der Waals surface area contributed by atoms with Crippen molar-refractivity contribution < 1.29 is 14.3 Å². The van der Waals surface area contributed by atoms with E-state index in [0.717, 1.165) is 28.8 Å². The average molecular weight is 508 g/mol. The van der Waals surface area contributed by atoms with Gasteiger partial charge in [-0.05, 0) is 37.1 Å². The molecule has 0 atom stereocenters. The maximum absolute atomic E-state index is 13.2.